The van der Waals surface area contributed by atoms with Crippen LogP contribution in [-0.2, 0) is 19.6 Å². The molecule has 0 aromatic heterocycles. The molecule has 2 saturated heterocycles. The summed E-state index contributed by atoms with van der Waals surface area (Å²) in [6.07, 6.45) is 1.14. The van der Waals surface area contributed by atoms with Crippen molar-refractivity contribution in [2.45, 2.75) is 24.7 Å². The molecule has 2 heterocycles. The average molecular weight is 379 g/mol. The predicted octanol–water partition coefficient (Wildman–Crippen LogP) is 0.778. The Morgan fingerprint density at radius 3 is 2.38 bits per heavy atom. The summed E-state index contributed by atoms with van der Waals surface area (Å²) in [7, 11) is -3.52. The van der Waals surface area contributed by atoms with E-state index in [1.807, 2.05) is 6.92 Å². The largest absolute Gasteiger partial charge is 0.342 e. The van der Waals surface area contributed by atoms with Crippen molar-refractivity contribution in [1.82, 2.24) is 14.1 Å². The molecule has 0 saturated carbocycles. The van der Waals surface area contributed by atoms with Crippen LogP contribution in [0, 0.1) is 5.92 Å². The summed E-state index contributed by atoms with van der Waals surface area (Å²) in [5.41, 5.74) is 0. The summed E-state index contributed by atoms with van der Waals surface area (Å²) < 4.78 is 26.7. The van der Waals surface area contributed by atoms with E-state index in [9.17, 15) is 18.0 Å². The summed E-state index contributed by atoms with van der Waals surface area (Å²) in [6.45, 7) is 4.46. The monoisotopic (exact) mass is 379 g/mol. The Morgan fingerprint density at radius 2 is 1.77 bits per heavy atom. The highest BCUT2D eigenvalue weighted by molar-refractivity contribution is 7.89. The van der Waals surface area contributed by atoms with Crippen molar-refractivity contribution >= 4 is 21.8 Å². The summed E-state index contributed by atoms with van der Waals surface area (Å²) >= 11 is 0. The Morgan fingerprint density at radius 1 is 1.12 bits per heavy atom. The first-order valence-corrected chi connectivity index (χ1v) is 10.5. The lowest BCUT2D eigenvalue weighted by Gasteiger charge is -2.35. The molecule has 1 aromatic rings. The second-order valence-electron chi connectivity index (χ2n) is 6.78. The minimum absolute atomic E-state index is 0.0336. The molecule has 2 amide bonds. The highest BCUT2D eigenvalue weighted by Crippen LogP contribution is 2.22. The van der Waals surface area contributed by atoms with E-state index in [2.05, 4.69) is 0 Å². The van der Waals surface area contributed by atoms with E-state index >= 15 is 0 Å². The highest BCUT2D eigenvalue weighted by atomic mass is 32.2. The molecule has 3 rings (SSSR count). The number of piperazine rings is 1. The molecule has 0 aliphatic carbocycles. The van der Waals surface area contributed by atoms with Crippen LogP contribution in [0.1, 0.15) is 19.8 Å². The van der Waals surface area contributed by atoms with E-state index in [0.717, 1.165) is 6.42 Å². The summed E-state index contributed by atoms with van der Waals surface area (Å²) in [4.78, 5) is 28.4. The van der Waals surface area contributed by atoms with Gasteiger partial charge in [0.25, 0.3) is 0 Å². The SMILES string of the molecule is CCCN1CC(C(=O)N2CCN(S(=O)(=O)c3ccccc3)CC2)CC1=O. The number of carbonyl (C=O) groups excluding carboxylic acids is 2. The van der Waals surface area contributed by atoms with Crippen molar-refractivity contribution in [3.63, 3.8) is 0 Å². The maximum atomic E-state index is 12.7. The number of benzene rings is 1. The lowest BCUT2D eigenvalue weighted by molar-refractivity contribution is -0.137. The molecule has 7 nitrogen and oxygen atoms in total. The molecule has 1 aromatic carbocycles. The number of sulfonamides is 1. The average Bonchev–Trinajstić information content (AvgIpc) is 3.03. The fraction of sp³-hybridized carbons (Fsp3) is 0.556. The van der Waals surface area contributed by atoms with E-state index in [4.69, 9.17) is 0 Å². The van der Waals surface area contributed by atoms with Crippen molar-refractivity contribution in [3.8, 4) is 0 Å². The zero-order valence-electron chi connectivity index (χ0n) is 15.0. The Balaban J connectivity index is 1.59. The maximum Gasteiger partial charge on any atom is 0.243 e. The van der Waals surface area contributed by atoms with Gasteiger partial charge in [-0.25, -0.2) is 8.42 Å². The van der Waals surface area contributed by atoms with Crippen LogP contribution in [0.5, 0.6) is 0 Å². The molecular weight excluding hydrogens is 354 g/mol. The van der Waals surface area contributed by atoms with Crippen LogP contribution in [0.15, 0.2) is 35.2 Å². The van der Waals surface area contributed by atoms with Gasteiger partial charge in [-0.1, -0.05) is 25.1 Å². The van der Waals surface area contributed by atoms with Gasteiger partial charge in [-0.15, -0.1) is 0 Å². The van der Waals surface area contributed by atoms with Gasteiger partial charge in [-0.05, 0) is 18.6 Å². The van der Waals surface area contributed by atoms with Crippen LogP contribution in [0.3, 0.4) is 0 Å². The van der Waals surface area contributed by atoms with Crippen molar-refractivity contribution in [3.05, 3.63) is 30.3 Å². The van der Waals surface area contributed by atoms with Gasteiger partial charge in [0.05, 0.1) is 10.8 Å². The first kappa shape index (κ1) is 18.8. The van der Waals surface area contributed by atoms with Gasteiger partial charge < -0.3 is 9.80 Å². The zero-order chi connectivity index (χ0) is 18.7. The minimum atomic E-state index is -3.52. The molecule has 0 radical (unpaired) electrons. The first-order valence-electron chi connectivity index (χ1n) is 9.05. The predicted molar refractivity (Wildman–Crippen MR) is 96.8 cm³/mol. The van der Waals surface area contributed by atoms with E-state index in [0.29, 0.717) is 26.2 Å². The van der Waals surface area contributed by atoms with Crippen molar-refractivity contribution < 1.29 is 18.0 Å². The lowest BCUT2D eigenvalue weighted by atomic mass is 10.1. The number of amides is 2. The topological polar surface area (TPSA) is 78.0 Å². The summed E-state index contributed by atoms with van der Waals surface area (Å²) in [5, 5.41) is 0. The molecule has 0 N–H and O–H groups in total. The number of rotatable bonds is 5. The third kappa shape index (κ3) is 3.76. The van der Waals surface area contributed by atoms with Crippen molar-refractivity contribution in [2.24, 2.45) is 5.92 Å². The standard InChI is InChI=1S/C18H25N3O4S/c1-2-8-20-14-15(13-17(20)22)18(23)19-9-11-21(12-10-19)26(24,25)16-6-4-3-5-7-16/h3-7,15H,2,8-14H2,1H3. The van der Waals surface area contributed by atoms with Gasteiger partial charge in [0.1, 0.15) is 0 Å². The van der Waals surface area contributed by atoms with Crippen LogP contribution in [0.25, 0.3) is 0 Å². The summed E-state index contributed by atoms with van der Waals surface area (Å²) in [6, 6.07) is 8.34. The van der Waals surface area contributed by atoms with E-state index in [1.165, 1.54) is 4.31 Å². The number of carbonyl (C=O) groups is 2. The number of hydrogen-bond acceptors (Lipinski definition) is 4. The summed E-state index contributed by atoms with van der Waals surface area (Å²) in [5.74, 6) is -0.296. The van der Waals surface area contributed by atoms with Crippen LogP contribution < -0.4 is 0 Å². The van der Waals surface area contributed by atoms with Crippen LogP contribution in [-0.4, -0.2) is 73.6 Å². The molecule has 2 aliphatic rings. The molecule has 0 bridgehead atoms. The van der Waals surface area contributed by atoms with E-state index in [1.54, 1.807) is 40.1 Å². The fourth-order valence-corrected chi connectivity index (χ4v) is 5.02. The Hall–Kier alpha value is -1.93. The normalized spacial score (nSPS) is 22.0. The van der Waals surface area contributed by atoms with Crippen LogP contribution >= 0.6 is 0 Å². The van der Waals surface area contributed by atoms with Gasteiger partial charge in [0.15, 0.2) is 0 Å². The minimum Gasteiger partial charge on any atom is -0.342 e. The number of hydrogen-bond donors (Lipinski definition) is 0. The molecule has 8 heteroatoms. The van der Waals surface area contributed by atoms with Gasteiger partial charge >= 0.3 is 0 Å². The van der Waals surface area contributed by atoms with Crippen LogP contribution in [0.4, 0.5) is 0 Å². The molecule has 26 heavy (non-hydrogen) atoms. The highest BCUT2D eigenvalue weighted by Gasteiger charge is 2.38. The first-order chi connectivity index (χ1) is 12.4. The zero-order valence-corrected chi connectivity index (χ0v) is 15.8. The van der Waals surface area contributed by atoms with Gasteiger partial charge in [0, 0.05) is 45.7 Å². The molecular formula is C18H25N3O4S. The van der Waals surface area contributed by atoms with E-state index in [-0.39, 0.29) is 42.1 Å². The quantitative estimate of drug-likeness (QED) is 0.757. The lowest BCUT2D eigenvalue weighted by Crippen LogP contribution is -2.52. The molecule has 1 atom stereocenters. The van der Waals surface area contributed by atoms with Gasteiger partial charge in [0.2, 0.25) is 21.8 Å². The maximum absolute atomic E-state index is 12.7. The molecule has 1 unspecified atom stereocenters. The third-order valence-corrected chi connectivity index (χ3v) is 6.90. The smallest absolute Gasteiger partial charge is 0.243 e. The second kappa shape index (κ2) is 7.75. The Kier molecular flexibility index (Phi) is 5.62. The van der Waals surface area contributed by atoms with E-state index < -0.39 is 10.0 Å². The molecule has 2 fully saturated rings. The fourth-order valence-electron chi connectivity index (χ4n) is 3.57. The molecule has 0 spiro atoms. The van der Waals surface area contributed by atoms with Gasteiger partial charge in [-0.3, -0.25) is 9.59 Å². The Bertz CT molecular complexity index is 758. The molecule has 2 aliphatic heterocycles. The van der Waals surface area contributed by atoms with Crippen LogP contribution in [0.2, 0.25) is 0 Å². The third-order valence-electron chi connectivity index (χ3n) is 4.99. The Labute approximate surface area is 154 Å². The second-order valence-corrected chi connectivity index (χ2v) is 8.72. The number of nitrogens with zero attached hydrogens (tertiary/aromatic N) is 3. The molecule has 142 valence electrons. The van der Waals surface area contributed by atoms with Crippen molar-refractivity contribution in [1.29, 1.82) is 0 Å². The van der Waals surface area contributed by atoms with Gasteiger partial charge in [-0.2, -0.15) is 4.31 Å². The van der Waals surface area contributed by atoms with Crippen molar-refractivity contribution in [2.75, 3.05) is 39.3 Å². The number of likely N-dealkylation sites (tertiary alicyclic amines) is 1.